The van der Waals surface area contributed by atoms with Crippen molar-refractivity contribution in [3.63, 3.8) is 0 Å². The van der Waals surface area contributed by atoms with E-state index in [2.05, 4.69) is 10.3 Å². The molecule has 7 heteroatoms. The number of pyridine rings is 1. The summed E-state index contributed by atoms with van der Waals surface area (Å²) in [6.45, 7) is 1.99. The number of aryl methyl sites for hydroxylation is 1. The van der Waals surface area contributed by atoms with E-state index in [0.717, 1.165) is 11.9 Å². The van der Waals surface area contributed by atoms with Gasteiger partial charge in [-0.1, -0.05) is 18.5 Å². The Balaban J connectivity index is 2.69. The zero-order valence-electron chi connectivity index (χ0n) is 10.2. The Morgan fingerprint density at radius 1 is 1.44 bits per heavy atom. The molecule has 5 nitrogen and oxygen atoms in total. The van der Waals surface area contributed by atoms with E-state index < -0.39 is 9.84 Å². The maximum atomic E-state index is 11.8. The van der Waals surface area contributed by atoms with Crippen LogP contribution < -0.4 is 5.32 Å². The van der Waals surface area contributed by atoms with Crippen molar-refractivity contribution in [3.05, 3.63) is 28.5 Å². The number of carbonyl (C=O) groups excluding carboxylic acids is 1. The molecule has 0 atom stereocenters. The number of nitrogens with zero attached hydrogens (tertiary/aromatic N) is 1. The monoisotopic (exact) mass is 290 g/mol. The number of rotatable bonds is 5. The lowest BCUT2D eigenvalue weighted by atomic mass is 10.2. The number of sulfone groups is 1. The fraction of sp³-hybridized carbons (Fsp3) is 0.455. The average molecular weight is 291 g/mol. The second-order valence-corrected chi connectivity index (χ2v) is 6.56. The first-order valence-electron chi connectivity index (χ1n) is 5.44. The second-order valence-electron chi connectivity index (χ2n) is 3.91. The van der Waals surface area contributed by atoms with Crippen LogP contribution in [0.2, 0.25) is 5.15 Å². The number of halogens is 1. The van der Waals surface area contributed by atoms with Gasteiger partial charge in [-0.2, -0.15) is 0 Å². The van der Waals surface area contributed by atoms with Crippen molar-refractivity contribution < 1.29 is 13.2 Å². The van der Waals surface area contributed by atoms with Crippen LogP contribution >= 0.6 is 11.6 Å². The fourth-order valence-electron chi connectivity index (χ4n) is 1.32. The van der Waals surface area contributed by atoms with Crippen LogP contribution in [0.15, 0.2) is 12.1 Å². The number of nitrogens with one attached hydrogen (secondary N) is 1. The van der Waals surface area contributed by atoms with Gasteiger partial charge in [-0.15, -0.1) is 0 Å². The summed E-state index contributed by atoms with van der Waals surface area (Å²) in [4.78, 5) is 15.8. The van der Waals surface area contributed by atoms with Gasteiger partial charge in [0.2, 0.25) is 0 Å². The first kappa shape index (κ1) is 14.9. The topological polar surface area (TPSA) is 76.1 Å². The molecular formula is C11H15ClN2O3S. The molecule has 0 saturated heterocycles. The summed E-state index contributed by atoms with van der Waals surface area (Å²) in [5.41, 5.74) is 1.11. The van der Waals surface area contributed by atoms with Crippen LogP contribution in [0.3, 0.4) is 0 Å². The predicted octanol–water partition coefficient (Wildman–Crippen LogP) is 1.07. The first-order valence-corrected chi connectivity index (χ1v) is 7.88. The van der Waals surface area contributed by atoms with Crippen LogP contribution in [0.5, 0.6) is 0 Å². The van der Waals surface area contributed by atoms with Crippen LogP contribution in [0.1, 0.15) is 23.0 Å². The summed E-state index contributed by atoms with van der Waals surface area (Å²) in [6, 6.07) is 3.10. The highest BCUT2D eigenvalue weighted by Crippen LogP contribution is 2.11. The van der Waals surface area contributed by atoms with Gasteiger partial charge in [0, 0.05) is 24.1 Å². The van der Waals surface area contributed by atoms with Crippen LogP contribution in [0, 0.1) is 0 Å². The lowest BCUT2D eigenvalue weighted by Gasteiger charge is -2.06. The summed E-state index contributed by atoms with van der Waals surface area (Å²) in [5.74, 6) is -0.435. The van der Waals surface area contributed by atoms with E-state index in [1.807, 2.05) is 6.92 Å². The van der Waals surface area contributed by atoms with Gasteiger partial charge in [-0.05, 0) is 18.6 Å². The smallest absolute Gasteiger partial charge is 0.251 e. The minimum atomic E-state index is -3.08. The standard InChI is InChI=1S/C11H15ClN2O3S/c1-3-9-6-8(7-10(12)14-9)11(15)13-4-5-18(2,16)17/h6-7H,3-5H2,1-2H3,(H,13,15). The van der Waals surface area contributed by atoms with Gasteiger partial charge in [0.15, 0.2) is 0 Å². The minimum absolute atomic E-state index is 0.0824. The zero-order chi connectivity index (χ0) is 13.8. The Hall–Kier alpha value is -1.14. The zero-order valence-corrected chi connectivity index (χ0v) is 11.8. The molecule has 0 fully saturated rings. The van der Waals surface area contributed by atoms with E-state index >= 15 is 0 Å². The molecule has 0 aromatic carbocycles. The normalized spacial score (nSPS) is 11.3. The summed E-state index contributed by atoms with van der Waals surface area (Å²) in [7, 11) is -3.08. The van der Waals surface area contributed by atoms with E-state index in [1.165, 1.54) is 6.07 Å². The van der Waals surface area contributed by atoms with Gasteiger partial charge < -0.3 is 5.32 Å². The van der Waals surface area contributed by atoms with Gasteiger partial charge in [0.25, 0.3) is 5.91 Å². The van der Waals surface area contributed by atoms with Gasteiger partial charge >= 0.3 is 0 Å². The van der Waals surface area contributed by atoms with E-state index in [0.29, 0.717) is 12.0 Å². The van der Waals surface area contributed by atoms with Crippen LogP contribution in [-0.4, -0.2) is 37.9 Å². The average Bonchev–Trinajstić information content (AvgIpc) is 2.26. The lowest BCUT2D eigenvalue weighted by molar-refractivity contribution is 0.0956. The van der Waals surface area contributed by atoms with Crippen molar-refractivity contribution >= 4 is 27.3 Å². The Morgan fingerprint density at radius 2 is 2.11 bits per heavy atom. The minimum Gasteiger partial charge on any atom is -0.351 e. The fourth-order valence-corrected chi connectivity index (χ4v) is 2.01. The van der Waals surface area contributed by atoms with E-state index in [-0.39, 0.29) is 23.4 Å². The Morgan fingerprint density at radius 3 is 2.67 bits per heavy atom. The molecule has 1 N–H and O–H groups in total. The third-order valence-corrected chi connectivity index (χ3v) is 3.37. The molecule has 0 bridgehead atoms. The summed E-state index contributed by atoms with van der Waals surface area (Å²) in [5, 5.41) is 2.78. The molecule has 0 radical (unpaired) electrons. The molecule has 1 amide bonds. The highest BCUT2D eigenvalue weighted by molar-refractivity contribution is 7.90. The van der Waals surface area contributed by atoms with Crippen molar-refractivity contribution in [1.29, 1.82) is 0 Å². The van der Waals surface area contributed by atoms with Crippen molar-refractivity contribution in [1.82, 2.24) is 10.3 Å². The second kappa shape index (κ2) is 6.15. The van der Waals surface area contributed by atoms with Crippen molar-refractivity contribution in [2.45, 2.75) is 13.3 Å². The molecule has 100 valence electrons. The van der Waals surface area contributed by atoms with Crippen LogP contribution in [-0.2, 0) is 16.3 Å². The Kier molecular flexibility index (Phi) is 5.10. The van der Waals surface area contributed by atoms with Crippen LogP contribution in [0.4, 0.5) is 0 Å². The third kappa shape index (κ3) is 5.01. The molecule has 1 rings (SSSR count). The SMILES string of the molecule is CCc1cc(C(=O)NCCS(C)(=O)=O)cc(Cl)n1. The summed E-state index contributed by atoms with van der Waals surface area (Å²) >= 11 is 5.79. The Labute approximate surface area is 111 Å². The van der Waals surface area contributed by atoms with Crippen molar-refractivity contribution in [3.8, 4) is 0 Å². The van der Waals surface area contributed by atoms with E-state index in [1.54, 1.807) is 6.07 Å². The van der Waals surface area contributed by atoms with E-state index in [9.17, 15) is 13.2 Å². The maximum absolute atomic E-state index is 11.8. The molecule has 1 aromatic heterocycles. The largest absolute Gasteiger partial charge is 0.351 e. The first-order chi connectivity index (χ1) is 8.31. The summed E-state index contributed by atoms with van der Waals surface area (Å²) in [6.07, 6.45) is 1.79. The maximum Gasteiger partial charge on any atom is 0.251 e. The number of carbonyl (C=O) groups is 1. The molecule has 0 aliphatic heterocycles. The van der Waals surface area contributed by atoms with Crippen LogP contribution in [0.25, 0.3) is 0 Å². The molecule has 0 unspecified atom stereocenters. The number of amides is 1. The molecule has 0 aliphatic rings. The predicted molar refractivity (Wildman–Crippen MR) is 70.7 cm³/mol. The van der Waals surface area contributed by atoms with Gasteiger partial charge in [-0.3, -0.25) is 4.79 Å². The lowest BCUT2D eigenvalue weighted by Crippen LogP contribution is -2.28. The van der Waals surface area contributed by atoms with Crippen molar-refractivity contribution in [2.24, 2.45) is 0 Å². The van der Waals surface area contributed by atoms with Gasteiger partial charge in [0.05, 0.1) is 5.75 Å². The van der Waals surface area contributed by atoms with Gasteiger partial charge in [0.1, 0.15) is 15.0 Å². The summed E-state index contributed by atoms with van der Waals surface area (Å²) < 4.78 is 21.8. The Bertz CT molecular complexity index is 543. The number of aromatic nitrogens is 1. The van der Waals surface area contributed by atoms with E-state index in [4.69, 9.17) is 11.6 Å². The number of hydrogen-bond acceptors (Lipinski definition) is 4. The molecular weight excluding hydrogens is 276 g/mol. The number of hydrogen-bond donors (Lipinski definition) is 1. The van der Waals surface area contributed by atoms with Gasteiger partial charge in [-0.25, -0.2) is 13.4 Å². The van der Waals surface area contributed by atoms with Crippen molar-refractivity contribution in [2.75, 3.05) is 18.6 Å². The molecule has 1 heterocycles. The highest BCUT2D eigenvalue weighted by Gasteiger charge is 2.09. The molecule has 0 spiro atoms. The molecule has 1 aromatic rings. The highest BCUT2D eigenvalue weighted by atomic mass is 35.5. The molecule has 0 saturated carbocycles. The molecule has 18 heavy (non-hydrogen) atoms. The molecule has 0 aliphatic carbocycles. The quantitative estimate of drug-likeness (QED) is 0.823. The third-order valence-electron chi connectivity index (χ3n) is 2.23.